The molecule has 0 N–H and O–H groups in total. The van der Waals surface area contributed by atoms with E-state index in [0.29, 0.717) is 28.5 Å². The molecule has 0 amide bonds. The summed E-state index contributed by atoms with van der Waals surface area (Å²) in [6.07, 6.45) is 13.2. The lowest BCUT2D eigenvalue weighted by molar-refractivity contribution is -0.216. The van der Waals surface area contributed by atoms with Crippen LogP contribution in [0, 0.1) is 58.2 Å². The third-order valence-electron chi connectivity index (χ3n) is 10.5. The van der Waals surface area contributed by atoms with Crippen molar-refractivity contribution in [1.82, 2.24) is 0 Å². The predicted octanol–water partition coefficient (Wildman–Crippen LogP) is 6.66. The van der Waals surface area contributed by atoms with Crippen molar-refractivity contribution in [2.45, 2.75) is 90.8 Å². The average molecular weight is 433 g/mol. The molecule has 1 heterocycles. The quantitative estimate of drug-likeness (QED) is 0.359. The van der Waals surface area contributed by atoms with Crippen LogP contribution in [0.4, 0.5) is 0 Å². The molecule has 0 bridgehead atoms. The predicted molar refractivity (Wildman–Crippen MR) is 122 cm³/mol. The van der Waals surface area contributed by atoms with Crippen LogP contribution in [-0.2, 0) is 9.47 Å². The molecule has 3 heteroatoms. The summed E-state index contributed by atoms with van der Waals surface area (Å²) in [5, 5.41) is 0. The summed E-state index contributed by atoms with van der Waals surface area (Å²) in [5.41, 5.74) is 0.910. The minimum absolute atomic E-state index is 0.334. The Morgan fingerprint density at radius 3 is 2.33 bits per heavy atom. The van der Waals surface area contributed by atoms with Gasteiger partial charge in [0, 0.05) is 24.1 Å². The molecule has 4 saturated carbocycles. The first kappa shape index (κ1) is 21.6. The van der Waals surface area contributed by atoms with Gasteiger partial charge in [-0.3, -0.25) is 0 Å². The highest BCUT2D eigenvalue weighted by Crippen LogP contribution is 2.68. The van der Waals surface area contributed by atoms with Crippen LogP contribution in [-0.4, -0.2) is 24.9 Å². The van der Waals surface area contributed by atoms with E-state index in [-0.39, 0.29) is 5.79 Å². The fraction of sp³-hybridized carbons (Fsp3) is 0.926. The molecular formula is C27H41ClO2. The van der Waals surface area contributed by atoms with E-state index in [1.807, 2.05) is 0 Å². The van der Waals surface area contributed by atoms with Gasteiger partial charge in [0.1, 0.15) is 0 Å². The Labute approximate surface area is 189 Å². The Hall–Kier alpha value is -0.230. The van der Waals surface area contributed by atoms with E-state index in [4.69, 9.17) is 21.1 Å². The summed E-state index contributed by atoms with van der Waals surface area (Å²) in [6.45, 7) is 8.98. The van der Waals surface area contributed by atoms with Gasteiger partial charge in [0.05, 0.1) is 13.2 Å². The fourth-order valence-electron chi connectivity index (χ4n) is 9.27. The molecule has 1 saturated heterocycles. The Balaban J connectivity index is 1.32. The number of fused-ring (bicyclic) bond motifs is 5. The van der Waals surface area contributed by atoms with Crippen LogP contribution < -0.4 is 0 Å². The molecule has 1 aliphatic heterocycles. The molecule has 0 radical (unpaired) electrons. The zero-order valence-electron chi connectivity index (χ0n) is 19.4. The normalized spacial score (nSPS) is 49.5. The summed E-state index contributed by atoms with van der Waals surface area (Å²) < 4.78 is 12.4. The van der Waals surface area contributed by atoms with Crippen molar-refractivity contribution < 1.29 is 9.47 Å². The molecule has 0 aromatic rings. The molecule has 5 rings (SSSR count). The summed E-state index contributed by atoms with van der Waals surface area (Å²) in [5.74, 6) is 12.1. The lowest BCUT2D eigenvalue weighted by Crippen LogP contribution is -2.54. The van der Waals surface area contributed by atoms with Crippen molar-refractivity contribution in [1.29, 1.82) is 0 Å². The average Bonchev–Trinajstić information content (AvgIpc) is 3.31. The van der Waals surface area contributed by atoms with Gasteiger partial charge in [-0.05, 0) is 99.2 Å². The second-order valence-corrected chi connectivity index (χ2v) is 12.2. The fourth-order valence-corrected chi connectivity index (χ4v) is 9.37. The first-order valence-electron chi connectivity index (χ1n) is 12.7. The summed E-state index contributed by atoms with van der Waals surface area (Å²) in [6, 6.07) is 0. The maximum Gasteiger partial charge on any atom is 0.169 e. The number of alkyl halides is 1. The van der Waals surface area contributed by atoms with Crippen LogP contribution in [0.25, 0.3) is 0 Å². The highest BCUT2D eigenvalue weighted by molar-refractivity contribution is 6.18. The molecule has 8 atom stereocenters. The van der Waals surface area contributed by atoms with Crippen LogP contribution in [0.15, 0.2) is 0 Å². The molecule has 0 spiro atoms. The number of hydrogen-bond donors (Lipinski definition) is 0. The number of rotatable bonds is 2. The number of hydrogen-bond acceptors (Lipinski definition) is 2. The van der Waals surface area contributed by atoms with E-state index in [2.05, 4.69) is 32.6 Å². The van der Waals surface area contributed by atoms with Gasteiger partial charge in [-0.2, -0.15) is 0 Å². The molecule has 5 unspecified atom stereocenters. The number of halogens is 1. The van der Waals surface area contributed by atoms with Crippen LogP contribution >= 0.6 is 11.6 Å². The highest BCUT2D eigenvalue weighted by Gasteiger charge is 2.63. The summed E-state index contributed by atoms with van der Waals surface area (Å²) >= 11 is 5.83. The maximum absolute atomic E-state index is 6.19. The lowest BCUT2D eigenvalue weighted by atomic mass is 9.45. The Morgan fingerprint density at radius 2 is 1.57 bits per heavy atom. The van der Waals surface area contributed by atoms with Gasteiger partial charge in [0.2, 0.25) is 0 Å². The van der Waals surface area contributed by atoms with Gasteiger partial charge in [-0.25, -0.2) is 0 Å². The van der Waals surface area contributed by atoms with Crippen molar-refractivity contribution in [2.75, 3.05) is 19.1 Å². The molecular weight excluding hydrogens is 392 g/mol. The van der Waals surface area contributed by atoms with Crippen molar-refractivity contribution in [2.24, 2.45) is 46.3 Å². The van der Waals surface area contributed by atoms with Crippen molar-refractivity contribution in [3.8, 4) is 11.8 Å². The molecule has 5 fully saturated rings. The zero-order chi connectivity index (χ0) is 21.0. The largest absolute Gasteiger partial charge is 0.348 e. The Morgan fingerprint density at radius 1 is 0.867 bits per heavy atom. The van der Waals surface area contributed by atoms with Gasteiger partial charge in [0.25, 0.3) is 0 Å². The molecule has 4 aliphatic carbocycles. The lowest BCUT2D eigenvalue weighted by Gasteiger charge is -2.60. The van der Waals surface area contributed by atoms with E-state index < -0.39 is 0 Å². The molecule has 2 nitrogen and oxygen atoms in total. The Bertz CT molecular complexity index is 703. The van der Waals surface area contributed by atoms with E-state index in [9.17, 15) is 0 Å². The van der Waals surface area contributed by atoms with Crippen LogP contribution in [0.2, 0.25) is 0 Å². The SMILES string of the molecule is CC12CCC3C(CC[C@@]4(C)C3CC[C@@H]4C3(C)OCCO3)[C@H]1CCC(C#CCCCl)C2. The third-order valence-corrected chi connectivity index (χ3v) is 10.7. The molecule has 0 aromatic carbocycles. The van der Waals surface area contributed by atoms with Crippen LogP contribution in [0.1, 0.15) is 85.0 Å². The van der Waals surface area contributed by atoms with Crippen LogP contribution in [0.5, 0.6) is 0 Å². The van der Waals surface area contributed by atoms with Gasteiger partial charge in [-0.1, -0.05) is 19.8 Å². The van der Waals surface area contributed by atoms with Gasteiger partial charge < -0.3 is 9.47 Å². The zero-order valence-corrected chi connectivity index (χ0v) is 20.1. The van der Waals surface area contributed by atoms with E-state index >= 15 is 0 Å². The second-order valence-electron chi connectivity index (χ2n) is 11.9. The molecule has 0 aromatic heterocycles. The van der Waals surface area contributed by atoms with Crippen molar-refractivity contribution in [3.05, 3.63) is 0 Å². The third kappa shape index (κ3) is 3.38. The van der Waals surface area contributed by atoms with Crippen molar-refractivity contribution >= 4 is 11.6 Å². The monoisotopic (exact) mass is 432 g/mol. The van der Waals surface area contributed by atoms with Gasteiger partial charge >= 0.3 is 0 Å². The Kier molecular flexibility index (Phi) is 5.74. The second kappa shape index (κ2) is 7.97. The molecule has 168 valence electrons. The minimum atomic E-state index is -0.334. The summed E-state index contributed by atoms with van der Waals surface area (Å²) in [4.78, 5) is 0. The van der Waals surface area contributed by atoms with E-state index in [0.717, 1.165) is 43.3 Å². The minimum Gasteiger partial charge on any atom is -0.348 e. The smallest absolute Gasteiger partial charge is 0.169 e. The first-order chi connectivity index (χ1) is 14.4. The topological polar surface area (TPSA) is 18.5 Å². The first-order valence-corrected chi connectivity index (χ1v) is 13.3. The summed E-state index contributed by atoms with van der Waals surface area (Å²) in [7, 11) is 0. The van der Waals surface area contributed by atoms with Gasteiger partial charge in [-0.15, -0.1) is 17.5 Å². The highest BCUT2D eigenvalue weighted by atomic mass is 35.5. The number of ether oxygens (including phenoxy) is 2. The maximum atomic E-state index is 6.19. The standard InChI is InChI=1S/C27H41ClO2/c1-25-13-11-21-20(22(25)8-7-19(18-25)6-4-5-15-28)12-14-26(2)23(21)9-10-24(26)27(3)29-16-17-30-27/h19-24H,5,7-18H2,1-3H3/t19?,20?,21?,22-,23?,24+,25?,26+/m1/s1. The van der Waals surface area contributed by atoms with Crippen LogP contribution in [0.3, 0.4) is 0 Å². The van der Waals surface area contributed by atoms with Crippen molar-refractivity contribution in [3.63, 3.8) is 0 Å². The van der Waals surface area contributed by atoms with E-state index in [1.165, 1.54) is 57.8 Å². The van der Waals surface area contributed by atoms with Gasteiger partial charge in [0.15, 0.2) is 5.79 Å². The molecule has 30 heavy (non-hydrogen) atoms. The molecule has 5 aliphatic rings. The van der Waals surface area contributed by atoms with E-state index in [1.54, 1.807) is 0 Å².